The summed E-state index contributed by atoms with van der Waals surface area (Å²) in [6.07, 6.45) is 2.32. The van der Waals surface area contributed by atoms with Gasteiger partial charge in [0.05, 0.1) is 6.42 Å². The Bertz CT molecular complexity index is 539. The molecule has 1 aromatic carbocycles. The second-order valence-corrected chi connectivity index (χ2v) is 5.33. The van der Waals surface area contributed by atoms with E-state index >= 15 is 0 Å². The van der Waals surface area contributed by atoms with Gasteiger partial charge in [0, 0.05) is 6.54 Å². The number of carbonyl (C=O) groups is 2. The number of aliphatic carboxylic acids is 1. The highest BCUT2D eigenvalue weighted by atomic mass is 19.1. The molecular formula is C14H16F2N2O3. The average Bonchev–Trinajstić information content (AvgIpc) is 2.36. The number of nitrogens with one attached hydrogen (secondary N) is 2. The molecule has 0 heterocycles. The van der Waals surface area contributed by atoms with Gasteiger partial charge in [0.15, 0.2) is 0 Å². The van der Waals surface area contributed by atoms with Crippen LogP contribution in [0.5, 0.6) is 0 Å². The number of para-hydroxylation sites is 1. The Balaban J connectivity index is 1.92. The largest absolute Gasteiger partial charge is 0.481 e. The highest BCUT2D eigenvalue weighted by Crippen LogP contribution is 2.43. The Morgan fingerprint density at radius 1 is 1.24 bits per heavy atom. The van der Waals surface area contributed by atoms with Crippen molar-refractivity contribution in [1.29, 1.82) is 0 Å². The number of carboxylic acid groups (broad SMARTS) is 1. The third-order valence-corrected chi connectivity index (χ3v) is 3.77. The predicted octanol–water partition coefficient (Wildman–Crippen LogP) is 2.73. The van der Waals surface area contributed by atoms with Gasteiger partial charge in [-0.2, -0.15) is 0 Å². The molecule has 0 saturated heterocycles. The summed E-state index contributed by atoms with van der Waals surface area (Å²) in [5.41, 5.74) is -0.965. The summed E-state index contributed by atoms with van der Waals surface area (Å²) >= 11 is 0. The van der Waals surface area contributed by atoms with E-state index in [-0.39, 0.29) is 13.0 Å². The number of halogens is 2. The monoisotopic (exact) mass is 298 g/mol. The van der Waals surface area contributed by atoms with Crippen LogP contribution in [0.15, 0.2) is 18.2 Å². The number of hydrogen-bond acceptors (Lipinski definition) is 2. The lowest BCUT2D eigenvalue weighted by molar-refractivity contribution is -0.141. The van der Waals surface area contributed by atoms with Crippen LogP contribution in [-0.4, -0.2) is 23.7 Å². The quantitative estimate of drug-likeness (QED) is 0.782. The molecule has 0 spiro atoms. The Hall–Kier alpha value is -2.18. The third kappa shape index (κ3) is 3.68. The number of carbonyl (C=O) groups excluding carboxylic acids is 1. The van der Waals surface area contributed by atoms with Gasteiger partial charge in [0.25, 0.3) is 0 Å². The fraction of sp³-hybridized carbons (Fsp3) is 0.429. The summed E-state index contributed by atoms with van der Waals surface area (Å²) in [7, 11) is 0. The van der Waals surface area contributed by atoms with Crippen molar-refractivity contribution in [2.75, 3.05) is 11.9 Å². The molecule has 2 rings (SSSR count). The lowest BCUT2D eigenvalue weighted by Gasteiger charge is -2.40. The second-order valence-electron chi connectivity index (χ2n) is 5.33. The van der Waals surface area contributed by atoms with Gasteiger partial charge in [-0.3, -0.25) is 4.79 Å². The van der Waals surface area contributed by atoms with Crippen LogP contribution in [0.1, 0.15) is 25.7 Å². The summed E-state index contributed by atoms with van der Waals surface area (Å²) in [5.74, 6) is -2.65. The zero-order chi connectivity index (χ0) is 15.5. The SMILES string of the molecule is O=C(O)CC1(CNC(=O)Nc2c(F)cccc2F)CCC1. The van der Waals surface area contributed by atoms with E-state index in [1.165, 1.54) is 6.07 Å². The smallest absolute Gasteiger partial charge is 0.319 e. The van der Waals surface area contributed by atoms with Crippen LogP contribution in [0.25, 0.3) is 0 Å². The standard InChI is InChI=1S/C14H16F2N2O3/c15-9-3-1-4-10(16)12(9)18-13(21)17-8-14(5-2-6-14)7-11(19)20/h1,3-4H,2,5-8H2,(H,19,20)(H2,17,18,21). The molecule has 0 bridgehead atoms. The molecule has 0 aromatic heterocycles. The first-order valence-corrected chi connectivity index (χ1v) is 6.63. The van der Waals surface area contributed by atoms with Crippen LogP contribution in [0.2, 0.25) is 0 Å². The molecular weight excluding hydrogens is 282 g/mol. The minimum absolute atomic E-state index is 0.0264. The Kier molecular flexibility index (Phi) is 4.40. The number of amides is 2. The van der Waals surface area contributed by atoms with Crippen LogP contribution in [0, 0.1) is 17.0 Å². The normalized spacial score (nSPS) is 15.9. The van der Waals surface area contributed by atoms with Crippen LogP contribution in [0.3, 0.4) is 0 Å². The van der Waals surface area contributed by atoms with Gasteiger partial charge in [-0.25, -0.2) is 13.6 Å². The molecule has 7 heteroatoms. The van der Waals surface area contributed by atoms with Crippen LogP contribution < -0.4 is 10.6 Å². The molecule has 3 N–H and O–H groups in total. The molecule has 5 nitrogen and oxygen atoms in total. The van der Waals surface area contributed by atoms with Gasteiger partial charge < -0.3 is 15.7 Å². The summed E-state index contributed by atoms with van der Waals surface area (Å²) in [6, 6.07) is 2.52. The van der Waals surface area contributed by atoms with E-state index in [1.54, 1.807) is 0 Å². The van der Waals surface area contributed by atoms with E-state index in [2.05, 4.69) is 10.6 Å². The molecule has 1 aliphatic carbocycles. The molecule has 1 saturated carbocycles. The molecule has 114 valence electrons. The molecule has 1 aliphatic rings. The lowest BCUT2D eigenvalue weighted by Crippen LogP contribution is -2.44. The number of hydrogen-bond donors (Lipinski definition) is 3. The van der Waals surface area contributed by atoms with E-state index in [0.717, 1.165) is 18.6 Å². The average molecular weight is 298 g/mol. The zero-order valence-electron chi connectivity index (χ0n) is 11.3. The minimum atomic E-state index is -0.919. The summed E-state index contributed by atoms with van der Waals surface area (Å²) < 4.78 is 26.7. The predicted molar refractivity (Wildman–Crippen MR) is 71.9 cm³/mol. The Morgan fingerprint density at radius 2 is 1.86 bits per heavy atom. The van der Waals surface area contributed by atoms with Crippen molar-refractivity contribution in [3.63, 3.8) is 0 Å². The fourth-order valence-electron chi connectivity index (χ4n) is 2.46. The maximum absolute atomic E-state index is 13.4. The van der Waals surface area contributed by atoms with Crippen LogP contribution >= 0.6 is 0 Å². The van der Waals surface area contributed by atoms with Crippen LogP contribution in [0.4, 0.5) is 19.3 Å². The van der Waals surface area contributed by atoms with Gasteiger partial charge >= 0.3 is 12.0 Å². The van der Waals surface area contributed by atoms with Gasteiger partial charge in [-0.1, -0.05) is 12.5 Å². The molecule has 0 radical (unpaired) electrons. The molecule has 0 aliphatic heterocycles. The Morgan fingerprint density at radius 3 is 2.33 bits per heavy atom. The number of carboxylic acids is 1. The molecule has 1 fully saturated rings. The lowest BCUT2D eigenvalue weighted by atomic mass is 9.66. The van der Waals surface area contributed by atoms with Crippen LogP contribution in [-0.2, 0) is 4.79 Å². The maximum Gasteiger partial charge on any atom is 0.319 e. The number of anilines is 1. The van der Waals surface area contributed by atoms with Gasteiger partial charge in [0.2, 0.25) is 0 Å². The van der Waals surface area contributed by atoms with Gasteiger partial charge in [-0.05, 0) is 30.4 Å². The highest BCUT2D eigenvalue weighted by molar-refractivity contribution is 5.89. The molecule has 1 aromatic rings. The maximum atomic E-state index is 13.4. The van der Waals surface area contributed by atoms with Crippen molar-refractivity contribution in [2.45, 2.75) is 25.7 Å². The van der Waals surface area contributed by atoms with Crippen molar-refractivity contribution in [2.24, 2.45) is 5.41 Å². The van der Waals surface area contributed by atoms with Crippen molar-refractivity contribution in [3.05, 3.63) is 29.8 Å². The van der Waals surface area contributed by atoms with Crippen molar-refractivity contribution >= 4 is 17.7 Å². The third-order valence-electron chi connectivity index (χ3n) is 3.77. The second kappa shape index (κ2) is 6.07. The minimum Gasteiger partial charge on any atom is -0.481 e. The topological polar surface area (TPSA) is 78.4 Å². The van der Waals surface area contributed by atoms with E-state index < -0.39 is 34.7 Å². The highest BCUT2D eigenvalue weighted by Gasteiger charge is 2.39. The van der Waals surface area contributed by atoms with Crippen molar-refractivity contribution in [3.8, 4) is 0 Å². The van der Waals surface area contributed by atoms with Gasteiger partial charge in [0.1, 0.15) is 17.3 Å². The fourth-order valence-corrected chi connectivity index (χ4v) is 2.46. The van der Waals surface area contributed by atoms with E-state index in [4.69, 9.17) is 5.11 Å². The summed E-state index contributed by atoms with van der Waals surface area (Å²) in [6.45, 7) is 0.168. The summed E-state index contributed by atoms with van der Waals surface area (Å²) in [5, 5.41) is 13.5. The van der Waals surface area contributed by atoms with E-state index in [0.29, 0.717) is 12.8 Å². The van der Waals surface area contributed by atoms with Crippen molar-refractivity contribution in [1.82, 2.24) is 5.32 Å². The molecule has 0 unspecified atom stereocenters. The molecule has 0 atom stereocenters. The number of rotatable bonds is 5. The van der Waals surface area contributed by atoms with E-state index in [1.807, 2.05) is 0 Å². The first-order chi connectivity index (χ1) is 9.92. The number of urea groups is 1. The molecule has 21 heavy (non-hydrogen) atoms. The first kappa shape index (κ1) is 15.2. The summed E-state index contributed by atoms with van der Waals surface area (Å²) in [4.78, 5) is 22.5. The Labute approximate surface area is 120 Å². The first-order valence-electron chi connectivity index (χ1n) is 6.63. The van der Waals surface area contributed by atoms with Crippen molar-refractivity contribution < 1.29 is 23.5 Å². The zero-order valence-corrected chi connectivity index (χ0v) is 11.3. The van der Waals surface area contributed by atoms with E-state index in [9.17, 15) is 18.4 Å². The number of benzene rings is 1. The molecule has 2 amide bonds. The van der Waals surface area contributed by atoms with Gasteiger partial charge in [-0.15, -0.1) is 0 Å².